The molecule has 2 rings (SSSR count). The highest BCUT2D eigenvalue weighted by molar-refractivity contribution is 5.30. The molecule has 1 aliphatic carbocycles. The summed E-state index contributed by atoms with van der Waals surface area (Å²) < 4.78 is 13.6. The maximum atomic E-state index is 13.6. The Morgan fingerprint density at radius 2 is 2.07 bits per heavy atom. The molecule has 1 aromatic rings. The van der Waals surface area contributed by atoms with Crippen LogP contribution in [0.3, 0.4) is 0 Å². The van der Waals surface area contributed by atoms with Crippen LogP contribution in [0, 0.1) is 5.82 Å². The van der Waals surface area contributed by atoms with E-state index in [-0.39, 0.29) is 11.2 Å². The first-order valence-corrected chi connectivity index (χ1v) is 5.18. The molecule has 0 atom stereocenters. The molecule has 0 spiro atoms. The summed E-state index contributed by atoms with van der Waals surface area (Å²) in [5.74, 6) is -0.0533. The van der Waals surface area contributed by atoms with Crippen molar-refractivity contribution < 1.29 is 4.39 Å². The molecule has 0 radical (unpaired) electrons. The molecular weight excluding hydrogens is 177 g/mol. The zero-order valence-electron chi connectivity index (χ0n) is 8.52. The van der Waals surface area contributed by atoms with E-state index < -0.39 is 0 Å². The summed E-state index contributed by atoms with van der Waals surface area (Å²) in [7, 11) is 1.93. The smallest absolute Gasteiger partial charge is 0.127 e. The van der Waals surface area contributed by atoms with Crippen molar-refractivity contribution in [2.45, 2.75) is 24.7 Å². The van der Waals surface area contributed by atoms with E-state index in [4.69, 9.17) is 0 Å². The van der Waals surface area contributed by atoms with E-state index in [1.165, 1.54) is 6.42 Å². The highest BCUT2D eigenvalue weighted by Crippen LogP contribution is 2.43. The third-order valence-electron chi connectivity index (χ3n) is 3.27. The first-order chi connectivity index (χ1) is 6.78. The topological polar surface area (TPSA) is 12.0 Å². The third kappa shape index (κ3) is 1.44. The van der Waals surface area contributed by atoms with Crippen LogP contribution >= 0.6 is 0 Å². The lowest BCUT2D eigenvalue weighted by Crippen LogP contribution is -2.43. The minimum atomic E-state index is -0.0533. The Morgan fingerprint density at radius 3 is 2.57 bits per heavy atom. The SMILES string of the molecule is CNCC1(c2ccccc2F)CCC1. The van der Waals surface area contributed by atoms with Gasteiger partial charge in [0.25, 0.3) is 0 Å². The maximum Gasteiger partial charge on any atom is 0.127 e. The fourth-order valence-electron chi connectivity index (χ4n) is 2.37. The molecule has 1 aromatic carbocycles. The van der Waals surface area contributed by atoms with Crippen LogP contribution in [0.15, 0.2) is 24.3 Å². The number of halogens is 1. The second-order valence-corrected chi connectivity index (χ2v) is 4.14. The molecule has 0 unspecified atom stereocenters. The van der Waals surface area contributed by atoms with Gasteiger partial charge in [0, 0.05) is 12.0 Å². The summed E-state index contributed by atoms with van der Waals surface area (Å²) in [5.41, 5.74) is 0.959. The first kappa shape index (κ1) is 9.66. The molecule has 1 N–H and O–H groups in total. The quantitative estimate of drug-likeness (QED) is 0.777. The number of hydrogen-bond acceptors (Lipinski definition) is 1. The molecule has 14 heavy (non-hydrogen) atoms. The predicted octanol–water partition coefficient (Wildman–Crippen LogP) is 2.47. The van der Waals surface area contributed by atoms with Gasteiger partial charge in [-0.15, -0.1) is 0 Å². The molecular formula is C12H16FN. The van der Waals surface area contributed by atoms with Gasteiger partial charge in [0.2, 0.25) is 0 Å². The summed E-state index contributed by atoms with van der Waals surface area (Å²) in [6, 6.07) is 7.16. The molecule has 1 fully saturated rings. The van der Waals surface area contributed by atoms with E-state index in [0.717, 1.165) is 24.9 Å². The van der Waals surface area contributed by atoms with Crippen LogP contribution in [0.1, 0.15) is 24.8 Å². The Kier molecular flexibility index (Phi) is 2.55. The Morgan fingerprint density at radius 1 is 1.36 bits per heavy atom. The summed E-state index contributed by atoms with van der Waals surface area (Å²) in [6.07, 6.45) is 3.43. The molecule has 1 aliphatic rings. The Balaban J connectivity index is 2.32. The van der Waals surface area contributed by atoms with Gasteiger partial charge in [-0.3, -0.25) is 0 Å². The first-order valence-electron chi connectivity index (χ1n) is 5.18. The monoisotopic (exact) mass is 193 g/mol. The Labute approximate surface area is 84.3 Å². The van der Waals surface area contributed by atoms with Crippen molar-refractivity contribution in [3.8, 4) is 0 Å². The van der Waals surface area contributed by atoms with Gasteiger partial charge in [-0.1, -0.05) is 24.6 Å². The van der Waals surface area contributed by atoms with Crippen LogP contribution in [0.4, 0.5) is 4.39 Å². The van der Waals surface area contributed by atoms with Gasteiger partial charge in [0.15, 0.2) is 0 Å². The third-order valence-corrected chi connectivity index (χ3v) is 3.27. The van der Waals surface area contributed by atoms with Gasteiger partial charge >= 0.3 is 0 Å². The molecule has 0 aromatic heterocycles. The lowest BCUT2D eigenvalue weighted by Gasteiger charge is -2.42. The second kappa shape index (κ2) is 3.70. The van der Waals surface area contributed by atoms with Crippen LogP contribution in [0.25, 0.3) is 0 Å². The van der Waals surface area contributed by atoms with Gasteiger partial charge in [-0.05, 0) is 31.5 Å². The molecule has 0 amide bonds. The van der Waals surface area contributed by atoms with Crippen molar-refractivity contribution in [3.05, 3.63) is 35.6 Å². The second-order valence-electron chi connectivity index (χ2n) is 4.14. The zero-order chi connectivity index (χ0) is 10.0. The van der Waals surface area contributed by atoms with E-state index in [0.29, 0.717) is 0 Å². The highest BCUT2D eigenvalue weighted by Gasteiger charge is 2.39. The van der Waals surface area contributed by atoms with Crippen molar-refractivity contribution in [3.63, 3.8) is 0 Å². The highest BCUT2D eigenvalue weighted by atomic mass is 19.1. The Hall–Kier alpha value is -0.890. The summed E-state index contributed by atoms with van der Waals surface area (Å²) >= 11 is 0. The zero-order valence-corrected chi connectivity index (χ0v) is 8.52. The van der Waals surface area contributed by atoms with E-state index >= 15 is 0 Å². The van der Waals surface area contributed by atoms with Crippen molar-refractivity contribution in [2.75, 3.05) is 13.6 Å². The van der Waals surface area contributed by atoms with Crippen LogP contribution in [-0.2, 0) is 5.41 Å². The van der Waals surface area contributed by atoms with Gasteiger partial charge in [-0.25, -0.2) is 4.39 Å². The molecule has 0 saturated heterocycles. The predicted molar refractivity (Wildman–Crippen MR) is 55.9 cm³/mol. The van der Waals surface area contributed by atoms with E-state index in [1.54, 1.807) is 12.1 Å². The fraction of sp³-hybridized carbons (Fsp3) is 0.500. The minimum Gasteiger partial charge on any atom is -0.319 e. The molecule has 0 heterocycles. The average Bonchev–Trinajstić information content (AvgIpc) is 2.13. The van der Waals surface area contributed by atoms with Gasteiger partial charge in [0.05, 0.1) is 0 Å². The van der Waals surface area contributed by atoms with Crippen molar-refractivity contribution in [1.82, 2.24) is 5.32 Å². The minimum absolute atomic E-state index is 0.0533. The van der Waals surface area contributed by atoms with Crippen LogP contribution in [-0.4, -0.2) is 13.6 Å². The van der Waals surface area contributed by atoms with Crippen LogP contribution in [0.2, 0.25) is 0 Å². The lowest BCUT2D eigenvalue weighted by molar-refractivity contribution is 0.231. The van der Waals surface area contributed by atoms with E-state index in [2.05, 4.69) is 5.32 Å². The molecule has 2 heteroatoms. The van der Waals surface area contributed by atoms with Crippen LogP contribution < -0.4 is 5.32 Å². The van der Waals surface area contributed by atoms with Crippen LogP contribution in [0.5, 0.6) is 0 Å². The number of hydrogen-bond donors (Lipinski definition) is 1. The number of nitrogens with one attached hydrogen (secondary N) is 1. The summed E-state index contributed by atoms with van der Waals surface area (Å²) in [4.78, 5) is 0. The molecule has 1 saturated carbocycles. The van der Waals surface area contributed by atoms with Crippen molar-refractivity contribution in [1.29, 1.82) is 0 Å². The van der Waals surface area contributed by atoms with E-state index in [9.17, 15) is 4.39 Å². The maximum absolute atomic E-state index is 13.6. The Bertz CT molecular complexity index is 318. The summed E-state index contributed by atoms with van der Waals surface area (Å²) in [6.45, 7) is 0.883. The molecule has 0 aliphatic heterocycles. The molecule has 76 valence electrons. The standard InChI is InChI=1S/C12H16FN/c1-14-9-12(7-4-8-12)10-5-2-3-6-11(10)13/h2-3,5-6,14H,4,7-9H2,1H3. The number of benzene rings is 1. The number of rotatable bonds is 3. The van der Waals surface area contributed by atoms with E-state index in [1.807, 2.05) is 19.2 Å². The van der Waals surface area contributed by atoms with Gasteiger partial charge in [0.1, 0.15) is 5.82 Å². The summed E-state index contributed by atoms with van der Waals surface area (Å²) in [5, 5.41) is 3.17. The van der Waals surface area contributed by atoms with Gasteiger partial charge < -0.3 is 5.32 Å². The molecule has 1 nitrogen and oxygen atoms in total. The van der Waals surface area contributed by atoms with Crippen molar-refractivity contribution >= 4 is 0 Å². The average molecular weight is 193 g/mol. The lowest BCUT2D eigenvalue weighted by atomic mass is 9.64. The number of likely N-dealkylation sites (N-methyl/N-ethyl adjacent to an activating group) is 1. The fourth-order valence-corrected chi connectivity index (χ4v) is 2.37. The molecule has 0 bridgehead atoms. The van der Waals surface area contributed by atoms with Gasteiger partial charge in [-0.2, -0.15) is 0 Å². The van der Waals surface area contributed by atoms with Crippen molar-refractivity contribution in [2.24, 2.45) is 0 Å². The normalized spacial score (nSPS) is 19.0. The largest absolute Gasteiger partial charge is 0.319 e.